The molecule has 1 aliphatic rings. The Morgan fingerprint density at radius 2 is 1.66 bits per heavy atom. The molecule has 0 radical (unpaired) electrons. The number of benzene rings is 2. The molecule has 0 bridgehead atoms. The molecule has 0 aliphatic carbocycles. The van der Waals surface area contributed by atoms with E-state index >= 15 is 0 Å². The summed E-state index contributed by atoms with van der Waals surface area (Å²) in [4.78, 5) is 27.3. The van der Waals surface area contributed by atoms with E-state index in [0.717, 1.165) is 43.9 Å². The maximum absolute atomic E-state index is 12.8. The van der Waals surface area contributed by atoms with E-state index in [4.69, 9.17) is 0 Å². The lowest BCUT2D eigenvalue weighted by Crippen LogP contribution is -2.34. The van der Waals surface area contributed by atoms with Crippen LogP contribution in [0.25, 0.3) is 0 Å². The second-order valence-electron chi connectivity index (χ2n) is 8.71. The van der Waals surface area contributed by atoms with E-state index in [-0.39, 0.29) is 17.2 Å². The van der Waals surface area contributed by atoms with Crippen molar-refractivity contribution < 1.29 is 9.59 Å². The van der Waals surface area contributed by atoms with Crippen LogP contribution in [0.4, 0.5) is 5.69 Å². The Morgan fingerprint density at radius 1 is 0.966 bits per heavy atom. The number of hydrogen-bond acceptors (Lipinski definition) is 3. The average Bonchev–Trinajstić information content (AvgIpc) is 2.98. The Labute approximate surface area is 173 Å². The quantitative estimate of drug-likeness (QED) is 0.829. The number of hydrogen-bond donors (Lipinski definition) is 2. The molecule has 0 atom stereocenters. The zero-order chi connectivity index (χ0) is 21.0. The molecule has 3 rings (SSSR count). The van der Waals surface area contributed by atoms with Gasteiger partial charge in [-0.05, 0) is 66.8 Å². The predicted octanol–water partition coefficient (Wildman–Crippen LogP) is 3.98. The standard InChI is InChI=1S/C24H31N3O2/c1-17-16-19(23(29)27-14-5-12-25-13-15-27)8-11-21(17)26-22(28)18-6-9-20(10-7-18)24(2,3)4/h6-11,16,25H,5,12-15H2,1-4H3,(H,26,28). The normalized spacial score (nSPS) is 15.0. The molecule has 1 aliphatic heterocycles. The van der Waals surface area contributed by atoms with Crippen LogP contribution in [0.15, 0.2) is 42.5 Å². The van der Waals surface area contributed by atoms with Gasteiger partial charge in [-0.25, -0.2) is 0 Å². The number of carbonyl (C=O) groups is 2. The lowest BCUT2D eigenvalue weighted by molar-refractivity contribution is 0.0766. The first-order chi connectivity index (χ1) is 13.8. The Kier molecular flexibility index (Phi) is 6.38. The molecule has 0 unspecified atom stereocenters. The fraction of sp³-hybridized carbons (Fsp3) is 0.417. The number of amides is 2. The minimum absolute atomic E-state index is 0.0486. The first-order valence-corrected chi connectivity index (χ1v) is 10.3. The Morgan fingerprint density at radius 3 is 2.31 bits per heavy atom. The van der Waals surface area contributed by atoms with Crippen molar-refractivity contribution in [2.24, 2.45) is 0 Å². The van der Waals surface area contributed by atoms with Crippen molar-refractivity contribution in [2.75, 3.05) is 31.5 Å². The van der Waals surface area contributed by atoms with Gasteiger partial charge in [-0.1, -0.05) is 32.9 Å². The smallest absolute Gasteiger partial charge is 0.255 e. The van der Waals surface area contributed by atoms with Gasteiger partial charge in [0.2, 0.25) is 0 Å². The maximum Gasteiger partial charge on any atom is 0.255 e. The first-order valence-electron chi connectivity index (χ1n) is 10.3. The van der Waals surface area contributed by atoms with Crippen molar-refractivity contribution in [1.29, 1.82) is 0 Å². The fourth-order valence-electron chi connectivity index (χ4n) is 3.48. The molecular weight excluding hydrogens is 362 g/mol. The molecule has 1 fully saturated rings. The molecule has 5 nitrogen and oxygen atoms in total. The second-order valence-corrected chi connectivity index (χ2v) is 8.71. The van der Waals surface area contributed by atoms with Gasteiger partial charge in [0, 0.05) is 36.4 Å². The minimum Gasteiger partial charge on any atom is -0.337 e. The average molecular weight is 394 g/mol. The summed E-state index contributed by atoms with van der Waals surface area (Å²) in [6, 6.07) is 13.2. The highest BCUT2D eigenvalue weighted by Crippen LogP contribution is 2.23. The fourth-order valence-corrected chi connectivity index (χ4v) is 3.48. The zero-order valence-corrected chi connectivity index (χ0v) is 17.8. The van der Waals surface area contributed by atoms with E-state index in [1.165, 1.54) is 5.56 Å². The van der Waals surface area contributed by atoms with Gasteiger partial charge in [0.25, 0.3) is 11.8 Å². The van der Waals surface area contributed by atoms with Crippen LogP contribution in [0.3, 0.4) is 0 Å². The predicted molar refractivity (Wildman–Crippen MR) is 118 cm³/mol. The molecule has 1 saturated heterocycles. The highest BCUT2D eigenvalue weighted by molar-refractivity contribution is 6.05. The van der Waals surface area contributed by atoms with Gasteiger partial charge in [-0.2, -0.15) is 0 Å². The molecule has 29 heavy (non-hydrogen) atoms. The van der Waals surface area contributed by atoms with Crippen molar-refractivity contribution in [3.05, 3.63) is 64.7 Å². The van der Waals surface area contributed by atoms with Crippen molar-refractivity contribution in [1.82, 2.24) is 10.2 Å². The second kappa shape index (κ2) is 8.78. The zero-order valence-electron chi connectivity index (χ0n) is 17.8. The molecule has 0 spiro atoms. The molecule has 154 valence electrons. The Balaban J connectivity index is 1.70. The van der Waals surface area contributed by atoms with Gasteiger partial charge in [-0.3, -0.25) is 9.59 Å². The highest BCUT2D eigenvalue weighted by atomic mass is 16.2. The lowest BCUT2D eigenvalue weighted by Gasteiger charge is -2.20. The molecule has 5 heteroatoms. The maximum atomic E-state index is 12.8. The van der Waals surface area contributed by atoms with Gasteiger partial charge in [0.05, 0.1) is 0 Å². The summed E-state index contributed by atoms with van der Waals surface area (Å²) in [6.45, 7) is 11.6. The van der Waals surface area contributed by atoms with Crippen LogP contribution in [-0.2, 0) is 5.41 Å². The molecular formula is C24H31N3O2. The van der Waals surface area contributed by atoms with Crippen LogP contribution >= 0.6 is 0 Å². The van der Waals surface area contributed by atoms with Crippen molar-refractivity contribution in [3.8, 4) is 0 Å². The topological polar surface area (TPSA) is 61.4 Å². The van der Waals surface area contributed by atoms with E-state index in [2.05, 4.69) is 31.4 Å². The lowest BCUT2D eigenvalue weighted by atomic mass is 9.86. The molecule has 2 aromatic carbocycles. The van der Waals surface area contributed by atoms with E-state index in [9.17, 15) is 9.59 Å². The van der Waals surface area contributed by atoms with Crippen LogP contribution in [0, 0.1) is 6.92 Å². The van der Waals surface area contributed by atoms with E-state index in [1.54, 1.807) is 6.07 Å². The summed E-state index contributed by atoms with van der Waals surface area (Å²) in [7, 11) is 0. The van der Waals surface area contributed by atoms with E-state index < -0.39 is 0 Å². The van der Waals surface area contributed by atoms with Crippen molar-refractivity contribution in [3.63, 3.8) is 0 Å². The number of nitrogens with zero attached hydrogens (tertiary/aromatic N) is 1. The summed E-state index contributed by atoms with van der Waals surface area (Å²) < 4.78 is 0. The minimum atomic E-state index is -0.147. The van der Waals surface area contributed by atoms with Crippen molar-refractivity contribution in [2.45, 2.75) is 39.5 Å². The SMILES string of the molecule is Cc1cc(C(=O)N2CCCNCC2)ccc1NC(=O)c1ccc(C(C)(C)C)cc1. The number of rotatable bonds is 3. The van der Waals surface area contributed by atoms with Gasteiger partial charge in [-0.15, -0.1) is 0 Å². The molecule has 2 aromatic rings. The number of anilines is 1. The summed E-state index contributed by atoms with van der Waals surface area (Å²) >= 11 is 0. The van der Waals surface area contributed by atoms with Gasteiger partial charge < -0.3 is 15.5 Å². The van der Waals surface area contributed by atoms with Gasteiger partial charge in [0.1, 0.15) is 0 Å². The monoisotopic (exact) mass is 393 g/mol. The number of aryl methyl sites for hydroxylation is 1. The van der Waals surface area contributed by atoms with Crippen LogP contribution < -0.4 is 10.6 Å². The van der Waals surface area contributed by atoms with Gasteiger partial charge in [0.15, 0.2) is 0 Å². The number of carbonyl (C=O) groups excluding carboxylic acids is 2. The van der Waals surface area contributed by atoms with Gasteiger partial charge >= 0.3 is 0 Å². The molecule has 0 saturated carbocycles. The van der Waals surface area contributed by atoms with Crippen LogP contribution in [-0.4, -0.2) is 42.9 Å². The molecule has 2 N–H and O–H groups in total. The molecule has 0 aromatic heterocycles. The largest absolute Gasteiger partial charge is 0.337 e. The van der Waals surface area contributed by atoms with Crippen LogP contribution in [0.1, 0.15) is 59.0 Å². The van der Waals surface area contributed by atoms with Crippen molar-refractivity contribution >= 4 is 17.5 Å². The summed E-state index contributed by atoms with van der Waals surface area (Å²) in [5.74, 6) is -0.0985. The third-order valence-electron chi connectivity index (χ3n) is 5.36. The third kappa shape index (κ3) is 5.24. The summed E-state index contributed by atoms with van der Waals surface area (Å²) in [5.41, 5.74) is 4.13. The van der Waals surface area contributed by atoms with Crippen LogP contribution in [0.2, 0.25) is 0 Å². The Bertz CT molecular complexity index is 874. The third-order valence-corrected chi connectivity index (χ3v) is 5.36. The summed E-state index contributed by atoms with van der Waals surface area (Å²) in [6.07, 6.45) is 0.965. The summed E-state index contributed by atoms with van der Waals surface area (Å²) in [5, 5.41) is 6.28. The first kappa shape index (κ1) is 21.1. The highest BCUT2D eigenvalue weighted by Gasteiger charge is 2.18. The Hall–Kier alpha value is -2.66. The van der Waals surface area contributed by atoms with E-state index in [0.29, 0.717) is 11.1 Å². The van der Waals surface area contributed by atoms with Crippen LogP contribution in [0.5, 0.6) is 0 Å². The van der Waals surface area contributed by atoms with E-state index in [1.807, 2.05) is 48.2 Å². The number of nitrogens with one attached hydrogen (secondary N) is 2. The molecule has 2 amide bonds. The molecule has 1 heterocycles.